The van der Waals surface area contributed by atoms with Gasteiger partial charge in [-0.15, -0.1) is 0 Å². The van der Waals surface area contributed by atoms with E-state index in [9.17, 15) is 41.7 Å². The summed E-state index contributed by atoms with van der Waals surface area (Å²) >= 11 is 0. The van der Waals surface area contributed by atoms with E-state index < -0.39 is 50.1 Å². The lowest BCUT2D eigenvalue weighted by Crippen LogP contribution is -2.13. The van der Waals surface area contributed by atoms with Gasteiger partial charge in [0.15, 0.2) is 5.52 Å². The van der Waals surface area contributed by atoms with Gasteiger partial charge >= 0.3 is 12.4 Å². The van der Waals surface area contributed by atoms with Gasteiger partial charge in [0.2, 0.25) is 0 Å². The lowest BCUT2D eigenvalue weighted by Gasteiger charge is -2.07. The largest absolute Gasteiger partial charge is 0.453 e. The van der Waals surface area contributed by atoms with Crippen molar-refractivity contribution in [3.8, 4) is 0 Å². The minimum atomic E-state index is -5.19. The lowest BCUT2D eigenvalue weighted by molar-refractivity contribution is -0.383. The third-order valence-corrected chi connectivity index (χ3v) is 2.49. The van der Waals surface area contributed by atoms with Crippen molar-refractivity contribution in [2.75, 3.05) is 0 Å². The summed E-state index contributed by atoms with van der Waals surface area (Å²) < 4.78 is 74.6. The zero-order chi connectivity index (χ0) is 16.2. The van der Waals surface area contributed by atoms with Crippen LogP contribution < -0.4 is 0 Å². The molecule has 6 nitrogen and oxygen atoms in total. The van der Waals surface area contributed by atoms with Crippen molar-refractivity contribution in [1.29, 1.82) is 0 Å². The molecule has 0 fully saturated rings. The summed E-state index contributed by atoms with van der Waals surface area (Å²) in [6, 6.07) is 0.195. The van der Waals surface area contributed by atoms with Crippen molar-refractivity contribution in [2.45, 2.75) is 12.4 Å². The van der Waals surface area contributed by atoms with Gasteiger partial charge < -0.3 is 5.21 Å². The quantitative estimate of drug-likeness (QED) is 0.379. The minimum absolute atomic E-state index is 0.0511. The fraction of sp³-hybridized carbons (Fsp3) is 0.222. The predicted octanol–water partition coefficient (Wildman–Crippen LogP) is 3.22. The van der Waals surface area contributed by atoms with E-state index in [-0.39, 0.29) is 12.1 Å². The van der Waals surface area contributed by atoms with Crippen LogP contribution in [0, 0.1) is 10.1 Å². The third-order valence-electron chi connectivity index (χ3n) is 2.49. The zero-order valence-electron chi connectivity index (χ0n) is 9.53. The van der Waals surface area contributed by atoms with Crippen LogP contribution in [-0.4, -0.2) is 19.8 Å². The number of rotatable bonds is 1. The number of aromatic nitrogens is 2. The highest BCUT2D eigenvalue weighted by Gasteiger charge is 2.41. The van der Waals surface area contributed by atoms with Crippen LogP contribution in [0.4, 0.5) is 32.0 Å². The van der Waals surface area contributed by atoms with Crippen molar-refractivity contribution in [2.24, 2.45) is 0 Å². The number of nitrogens with zero attached hydrogens (tertiary/aromatic N) is 3. The van der Waals surface area contributed by atoms with Crippen LogP contribution in [0.15, 0.2) is 12.1 Å². The van der Waals surface area contributed by atoms with E-state index in [1.807, 2.05) is 0 Å². The average molecular weight is 315 g/mol. The molecule has 1 aromatic carbocycles. The number of benzene rings is 1. The van der Waals surface area contributed by atoms with Crippen LogP contribution in [0.25, 0.3) is 11.0 Å². The van der Waals surface area contributed by atoms with E-state index in [2.05, 4.69) is 4.98 Å². The molecular formula is C9H3F6N3O3. The van der Waals surface area contributed by atoms with Crippen LogP contribution in [0.2, 0.25) is 0 Å². The van der Waals surface area contributed by atoms with Gasteiger partial charge in [-0.2, -0.15) is 31.1 Å². The minimum Gasteiger partial charge on any atom is -0.426 e. The molecule has 0 aliphatic carbocycles. The number of non-ortho nitro benzene ring substituents is 1. The molecule has 0 saturated heterocycles. The molecule has 12 heteroatoms. The fourth-order valence-corrected chi connectivity index (χ4v) is 1.63. The van der Waals surface area contributed by atoms with E-state index in [4.69, 9.17) is 0 Å². The number of hydrogen-bond acceptors (Lipinski definition) is 4. The fourth-order valence-electron chi connectivity index (χ4n) is 1.63. The van der Waals surface area contributed by atoms with Crippen molar-refractivity contribution >= 4 is 16.7 Å². The van der Waals surface area contributed by atoms with Gasteiger partial charge in [-0.25, -0.2) is 4.98 Å². The van der Waals surface area contributed by atoms with E-state index in [1.54, 1.807) is 0 Å². The lowest BCUT2D eigenvalue weighted by atomic mass is 10.1. The van der Waals surface area contributed by atoms with Crippen LogP contribution >= 0.6 is 0 Å². The van der Waals surface area contributed by atoms with Crippen molar-refractivity contribution in [1.82, 2.24) is 9.71 Å². The summed E-state index contributed by atoms with van der Waals surface area (Å²) in [6.07, 6.45) is -10.2. The summed E-state index contributed by atoms with van der Waals surface area (Å²) in [5.74, 6) is -1.96. The molecule has 0 radical (unpaired) electrons. The van der Waals surface area contributed by atoms with Crippen molar-refractivity contribution in [3.05, 3.63) is 33.6 Å². The summed E-state index contributed by atoms with van der Waals surface area (Å²) in [7, 11) is 0. The molecule has 0 atom stereocenters. The molecule has 0 spiro atoms. The molecular weight excluding hydrogens is 312 g/mol. The van der Waals surface area contributed by atoms with E-state index >= 15 is 0 Å². The highest BCUT2D eigenvalue weighted by molar-refractivity contribution is 5.86. The second-order valence-electron chi connectivity index (χ2n) is 3.86. The van der Waals surface area contributed by atoms with Gasteiger partial charge in [0, 0.05) is 6.07 Å². The molecule has 0 unspecified atom stereocenters. The highest BCUT2D eigenvalue weighted by atomic mass is 19.4. The summed E-state index contributed by atoms with van der Waals surface area (Å²) in [4.78, 5) is 12.2. The molecule has 0 aliphatic rings. The Balaban J connectivity index is 2.90. The summed E-state index contributed by atoms with van der Waals surface area (Å²) in [6.45, 7) is 0. The van der Waals surface area contributed by atoms with E-state index in [1.165, 1.54) is 0 Å². The van der Waals surface area contributed by atoms with Crippen LogP contribution in [-0.2, 0) is 12.4 Å². The maximum atomic E-state index is 12.6. The van der Waals surface area contributed by atoms with Gasteiger partial charge in [-0.3, -0.25) is 10.1 Å². The second kappa shape index (κ2) is 4.23. The monoisotopic (exact) mass is 315 g/mol. The molecule has 2 aromatic rings. The molecule has 1 N–H and O–H groups in total. The second-order valence-corrected chi connectivity index (χ2v) is 3.86. The van der Waals surface area contributed by atoms with Gasteiger partial charge in [0.25, 0.3) is 11.5 Å². The van der Waals surface area contributed by atoms with Gasteiger partial charge in [0.1, 0.15) is 5.52 Å². The molecule has 114 valence electrons. The molecule has 1 aromatic heterocycles. The Morgan fingerprint density at radius 2 is 1.71 bits per heavy atom. The highest BCUT2D eigenvalue weighted by Crippen LogP contribution is 2.38. The molecule has 21 heavy (non-hydrogen) atoms. The molecule has 2 rings (SSSR count). The Morgan fingerprint density at radius 1 is 1.14 bits per heavy atom. The van der Waals surface area contributed by atoms with Gasteiger partial charge in [0.05, 0.1) is 10.5 Å². The molecule has 1 heterocycles. The van der Waals surface area contributed by atoms with Crippen LogP contribution in [0.5, 0.6) is 0 Å². The SMILES string of the molecule is O=[N+]([O-])c1cc(C(F)(F)F)cc2c1nc(C(F)(F)F)n2O. The van der Waals surface area contributed by atoms with Gasteiger partial charge in [-0.05, 0) is 6.07 Å². The van der Waals surface area contributed by atoms with Crippen molar-refractivity contribution < 1.29 is 36.5 Å². The predicted molar refractivity (Wildman–Crippen MR) is 53.6 cm³/mol. The number of imidazole rings is 1. The van der Waals surface area contributed by atoms with Crippen LogP contribution in [0.3, 0.4) is 0 Å². The topological polar surface area (TPSA) is 81.2 Å². The molecule has 0 saturated carbocycles. The van der Waals surface area contributed by atoms with Gasteiger partial charge in [-0.1, -0.05) is 0 Å². The maximum absolute atomic E-state index is 12.6. The first-order valence-electron chi connectivity index (χ1n) is 4.97. The number of nitro benzene ring substituents is 1. The molecule has 0 amide bonds. The Hall–Kier alpha value is -2.53. The molecule has 0 aliphatic heterocycles. The standard InChI is InChI=1S/C9H3F6N3O3/c10-8(11,12)3-1-4-6(5(2-3)18(20)21)16-7(17(4)19)9(13,14)15/h1-2,19H. The van der Waals surface area contributed by atoms with Crippen LogP contribution in [0.1, 0.15) is 11.4 Å². The number of fused-ring (bicyclic) bond motifs is 1. The average Bonchev–Trinajstić information content (AvgIpc) is 2.64. The number of hydrogen-bond donors (Lipinski definition) is 1. The first-order chi connectivity index (χ1) is 9.43. The Kier molecular flexibility index (Phi) is 3.00. The third kappa shape index (κ3) is 2.43. The van der Waals surface area contributed by atoms with E-state index in [0.29, 0.717) is 0 Å². The van der Waals surface area contributed by atoms with Crippen molar-refractivity contribution in [3.63, 3.8) is 0 Å². The molecule has 0 bridgehead atoms. The Morgan fingerprint density at radius 3 is 2.14 bits per heavy atom. The normalized spacial score (nSPS) is 12.9. The summed E-state index contributed by atoms with van der Waals surface area (Å²) in [5, 5.41) is 20.0. The Bertz CT molecular complexity index is 733. The smallest absolute Gasteiger partial charge is 0.426 e. The first-order valence-corrected chi connectivity index (χ1v) is 4.97. The van der Waals surface area contributed by atoms with E-state index in [0.717, 1.165) is 0 Å². The maximum Gasteiger partial charge on any atom is 0.453 e. The Labute approximate surface area is 110 Å². The number of alkyl halides is 6. The first kappa shape index (κ1) is 14.9. The number of halogens is 6. The summed E-state index contributed by atoms with van der Waals surface area (Å²) in [5.41, 5.74) is -4.93. The zero-order valence-corrected chi connectivity index (χ0v) is 9.53. The number of nitro groups is 1.